The van der Waals surface area contributed by atoms with Crippen LogP contribution < -0.4 is 0 Å². The summed E-state index contributed by atoms with van der Waals surface area (Å²) >= 11 is 0. The van der Waals surface area contributed by atoms with Crippen molar-refractivity contribution in [2.45, 2.75) is 0 Å². The van der Waals surface area contributed by atoms with Gasteiger partial charge in [-0.1, -0.05) is 170 Å². The molecular weight excluding hydrogens is 733 g/mol. The van der Waals surface area contributed by atoms with E-state index in [9.17, 15) is 0 Å². The second-order valence-electron chi connectivity index (χ2n) is 14.8. The molecule has 0 aliphatic rings. The van der Waals surface area contributed by atoms with Crippen LogP contribution in [0.1, 0.15) is 6.85 Å². The number of rotatable bonds is 6. The molecule has 5 nitrogen and oxygen atoms in total. The maximum atomic E-state index is 8.99. The summed E-state index contributed by atoms with van der Waals surface area (Å²) in [5.41, 5.74) is 9.49. The van der Waals surface area contributed by atoms with E-state index in [0.717, 1.165) is 71.3 Å². The number of benzene rings is 9. The van der Waals surface area contributed by atoms with Crippen LogP contribution in [0.15, 0.2) is 211 Å². The van der Waals surface area contributed by atoms with Crippen LogP contribution in [-0.2, 0) is 0 Å². The van der Waals surface area contributed by atoms with Crippen LogP contribution in [0.3, 0.4) is 0 Å². The third-order valence-corrected chi connectivity index (χ3v) is 11.4. The van der Waals surface area contributed by atoms with E-state index in [1.165, 1.54) is 0 Å². The van der Waals surface area contributed by atoms with Gasteiger partial charge in [-0.3, -0.25) is 0 Å². The third-order valence-electron chi connectivity index (χ3n) is 11.4. The first-order valence-electron chi connectivity index (χ1n) is 22.3. The average Bonchev–Trinajstić information content (AvgIpc) is 3.90. The van der Waals surface area contributed by atoms with E-state index in [0.29, 0.717) is 22.3 Å². The zero-order valence-electron chi connectivity index (χ0n) is 36.9. The molecule has 0 bridgehead atoms. The van der Waals surface area contributed by atoms with Gasteiger partial charge in [-0.15, -0.1) is 0 Å². The highest BCUT2D eigenvalue weighted by Crippen LogP contribution is 2.42. The Morgan fingerprint density at radius 3 is 1.73 bits per heavy atom. The highest BCUT2D eigenvalue weighted by atomic mass is 16.3. The average molecular weight is 772 g/mol. The molecule has 0 saturated heterocycles. The minimum Gasteiger partial charge on any atom is -0.455 e. The van der Waals surface area contributed by atoms with Crippen molar-refractivity contribution < 1.29 is 11.3 Å². The van der Waals surface area contributed by atoms with Crippen molar-refractivity contribution in [3.63, 3.8) is 0 Å². The van der Waals surface area contributed by atoms with Crippen molar-refractivity contribution in [2.75, 3.05) is 0 Å². The smallest absolute Gasteiger partial charge is 0.167 e. The van der Waals surface area contributed by atoms with Gasteiger partial charge in [-0.25, -0.2) is 15.0 Å². The lowest BCUT2D eigenvalue weighted by atomic mass is 9.99. The lowest BCUT2D eigenvalue weighted by Crippen LogP contribution is -2.02. The van der Waals surface area contributed by atoms with E-state index in [2.05, 4.69) is 89.5 Å². The predicted octanol–water partition coefficient (Wildman–Crippen LogP) is 14.4. The molecule has 0 spiro atoms. The minimum absolute atomic E-state index is 0.0531. The molecule has 12 rings (SSSR count). The lowest BCUT2D eigenvalue weighted by molar-refractivity contribution is 0.669. The predicted molar refractivity (Wildman–Crippen MR) is 246 cm³/mol. The molecule has 0 saturated carbocycles. The summed E-state index contributed by atoms with van der Waals surface area (Å²) in [7, 11) is 0. The van der Waals surface area contributed by atoms with Crippen molar-refractivity contribution in [1.82, 2.24) is 19.5 Å². The van der Waals surface area contributed by atoms with Gasteiger partial charge in [0.2, 0.25) is 0 Å². The number of aromatic nitrogens is 4. The van der Waals surface area contributed by atoms with Gasteiger partial charge in [0.1, 0.15) is 11.2 Å². The molecule has 0 unspecified atom stereocenters. The second-order valence-corrected chi connectivity index (χ2v) is 14.8. The van der Waals surface area contributed by atoms with Crippen LogP contribution in [0.5, 0.6) is 0 Å². The van der Waals surface area contributed by atoms with E-state index in [1.54, 1.807) is 0 Å². The van der Waals surface area contributed by atoms with Crippen LogP contribution in [-0.4, -0.2) is 19.5 Å². The summed E-state index contributed by atoms with van der Waals surface area (Å²) in [5, 5.41) is 5.78. The van der Waals surface area contributed by atoms with Crippen LogP contribution in [0.2, 0.25) is 0 Å². The molecule has 280 valence electrons. The molecule has 0 aliphatic carbocycles. The highest BCUT2D eigenvalue weighted by Gasteiger charge is 2.22. The van der Waals surface area contributed by atoms with E-state index in [4.69, 9.17) is 26.2 Å². The highest BCUT2D eigenvalue weighted by molar-refractivity contribution is 6.13. The van der Waals surface area contributed by atoms with E-state index < -0.39 is 30.2 Å². The fraction of sp³-hybridized carbons (Fsp3) is 0. The Labute approximate surface area is 352 Å². The molecular formula is C55H34N4O. The van der Waals surface area contributed by atoms with Crippen molar-refractivity contribution >= 4 is 54.5 Å². The van der Waals surface area contributed by atoms with Crippen LogP contribution >= 0.6 is 0 Å². The van der Waals surface area contributed by atoms with Gasteiger partial charge < -0.3 is 8.98 Å². The maximum Gasteiger partial charge on any atom is 0.167 e. The zero-order valence-corrected chi connectivity index (χ0v) is 31.9. The first kappa shape index (κ1) is 29.1. The molecule has 0 amide bonds. The Hall–Kier alpha value is -8.15. The van der Waals surface area contributed by atoms with Gasteiger partial charge >= 0.3 is 0 Å². The molecule has 60 heavy (non-hydrogen) atoms. The van der Waals surface area contributed by atoms with Crippen LogP contribution in [0.25, 0.3) is 117 Å². The first-order chi connectivity index (χ1) is 31.8. The Morgan fingerprint density at radius 2 is 0.983 bits per heavy atom. The van der Waals surface area contributed by atoms with E-state index in [-0.39, 0.29) is 23.0 Å². The second kappa shape index (κ2) is 13.8. The summed E-state index contributed by atoms with van der Waals surface area (Å²) < 4.78 is 52.6. The molecule has 0 aliphatic heterocycles. The fourth-order valence-corrected chi connectivity index (χ4v) is 8.53. The largest absolute Gasteiger partial charge is 0.455 e. The topological polar surface area (TPSA) is 56.7 Å². The van der Waals surface area contributed by atoms with Crippen molar-refractivity contribution in [1.29, 1.82) is 0 Å². The number of furan rings is 1. The lowest BCUT2D eigenvalue weighted by Gasteiger charge is -2.13. The third kappa shape index (κ3) is 5.59. The molecule has 0 radical (unpaired) electrons. The molecule has 0 fully saturated rings. The Balaban J connectivity index is 1.15. The number of nitrogens with zero attached hydrogens (tertiary/aromatic N) is 4. The number of para-hydroxylation sites is 2. The fourth-order valence-electron chi connectivity index (χ4n) is 8.53. The van der Waals surface area contributed by atoms with Gasteiger partial charge in [0.25, 0.3) is 0 Å². The quantitative estimate of drug-likeness (QED) is 0.169. The Kier molecular flexibility index (Phi) is 6.68. The van der Waals surface area contributed by atoms with Crippen molar-refractivity contribution in [2.24, 2.45) is 0 Å². The zero-order chi connectivity index (χ0) is 43.9. The summed E-state index contributed by atoms with van der Waals surface area (Å²) in [4.78, 5) is 15.1. The van der Waals surface area contributed by atoms with Crippen LogP contribution in [0.4, 0.5) is 0 Å². The summed E-state index contributed by atoms with van der Waals surface area (Å²) in [6.07, 6.45) is 0. The molecule has 9 aromatic carbocycles. The van der Waals surface area contributed by atoms with Crippen molar-refractivity contribution in [3.8, 4) is 62.1 Å². The summed E-state index contributed by atoms with van der Waals surface area (Å²) in [6.45, 7) is 0. The standard InChI is InChI=1S/C55H34N4O/c1-3-14-35(15-4-1)36-26-28-37(29-27-36)40-30-31-45-47-33-41(59-49-24-11-9-21-43(49)44-22-10-12-25-50(44)59)34-48(52(47)60-51(45)32-40)55-57-53(39-17-5-2-6-18-39)56-54(58-55)46-23-13-19-38-16-7-8-20-42(38)46/h1-34H/i2D,5D,6D,17D,18D. The number of fused-ring (bicyclic) bond motifs is 7. The SMILES string of the molecule is [2H]c1c([2H])c([2H])c(-c2nc(-c3cccc4ccccc34)nc(-c3cc(-n4c5ccccc5c5ccccc54)cc4c3oc3cc(-c5ccc(-c6ccccc6)cc5)ccc34)n2)c([2H])c1[2H]. The molecule has 3 aromatic heterocycles. The molecule has 12 aromatic rings. The van der Waals surface area contributed by atoms with Gasteiger partial charge in [-0.05, 0) is 69.4 Å². The molecule has 0 N–H and O–H groups in total. The monoisotopic (exact) mass is 771 g/mol. The summed E-state index contributed by atoms with van der Waals surface area (Å²) in [5.74, 6) is 0.442. The molecule has 0 atom stereocenters. The van der Waals surface area contributed by atoms with Crippen molar-refractivity contribution in [3.05, 3.63) is 206 Å². The van der Waals surface area contributed by atoms with Gasteiger partial charge in [0, 0.05) is 38.4 Å². The normalized spacial score (nSPS) is 12.8. The number of hydrogen-bond donors (Lipinski definition) is 0. The molecule has 5 heteroatoms. The van der Waals surface area contributed by atoms with Gasteiger partial charge in [0.05, 0.1) is 23.5 Å². The first-order valence-corrected chi connectivity index (χ1v) is 19.8. The van der Waals surface area contributed by atoms with Gasteiger partial charge in [-0.2, -0.15) is 0 Å². The maximum absolute atomic E-state index is 8.99. The molecule has 3 heterocycles. The Bertz CT molecular complexity index is 3810. The van der Waals surface area contributed by atoms with Crippen LogP contribution in [0, 0.1) is 0 Å². The van der Waals surface area contributed by atoms with Gasteiger partial charge in [0.15, 0.2) is 17.5 Å². The van der Waals surface area contributed by atoms with E-state index >= 15 is 0 Å². The Morgan fingerprint density at radius 1 is 0.400 bits per heavy atom. The van der Waals surface area contributed by atoms with E-state index in [1.807, 2.05) is 91.0 Å². The minimum atomic E-state index is -0.498. The number of hydrogen-bond acceptors (Lipinski definition) is 4. The summed E-state index contributed by atoms with van der Waals surface area (Å²) in [6, 6.07) is 57.4.